The zero-order valence-corrected chi connectivity index (χ0v) is 10.6. The summed E-state index contributed by atoms with van der Waals surface area (Å²) in [5, 5.41) is 0. The second-order valence-electron chi connectivity index (χ2n) is 3.86. The van der Waals surface area contributed by atoms with Crippen LogP contribution in [0, 0.1) is 0 Å². The van der Waals surface area contributed by atoms with E-state index < -0.39 is 5.91 Å². The number of amides is 1. The van der Waals surface area contributed by atoms with Gasteiger partial charge in [0.05, 0.1) is 17.6 Å². The Balaban J connectivity index is 2.28. The van der Waals surface area contributed by atoms with E-state index in [1.807, 2.05) is 6.07 Å². The summed E-state index contributed by atoms with van der Waals surface area (Å²) in [5.74, 6) is -0.590. The van der Waals surface area contributed by atoms with E-state index in [-0.39, 0.29) is 5.69 Å². The normalized spacial score (nSPS) is 11.7. The summed E-state index contributed by atoms with van der Waals surface area (Å²) in [6.45, 7) is 0. The van der Waals surface area contributed by atoms with Crippen molar-refractivity contribution in [2.24, 2.45) is 16.5 Å². The van der Waals surface area contributed by atoms with Crippen molar-refractivity contribution in [1.82, 2.24) is 9.97 Å². The minimum Gasteiger partial charge on any atom is -0.404 e. The highest BCUT2D eigenvalue weighted by molar-refractivity contribution is 6.09. The zero-order chi connectivity index (χ0) is 14.4. The lowest BCUT2D eigenvalue weighted by Crippen LogP contribution is -2.13. The number of nitrogens with two attached hydrogens (primary N) is 2. The number of carbonyl (C=O) groups is 1. The molecule has 6 heteroatoms. The third-order valence-corrected chi connectivity index (χ3v) is 2.48. The van der Waals surface area contributed by atoms with Crippen LogP contribution in [0.25, 0.3) is 5.57 Å². The van der Waals surface area contributed by atoms with Gasteiger partial charge in [-0.2, -0.15) is 0 Å². The average molecular weight is 267 g/mol. The van der Waals surface area contributed by atoms with E-state index in [0.717, 1.165) is 0 Å². The monoisotopic (exact) mass is 267 g/mol. The lowest BCUT2D eigenvalue weighted by Gasteiger charge is -2.02. The molecule has 100 valence electrons. The number of rotatable bonds is 4. The minimum atomic E-state index is -0.590. The van der Waals surface area contributed by atoms with Crippen molar-refractivity contribution < 1.29 is 4.79 Å². The van der Waals surface area contributed by atoms with Crippen LogP contribution in [-0.2, 0) is 0 Å². The molecule has 0 aliphatic rings. The molecule has 0 spiro atoms. The molecule has 0 aromatic carbocycles. The quantitative estimate of drug-likeness (QED) is 0.813. The molecule has 1 amide bonds. The first kappa shape index (κ1) is 13.4. The largest absolute Gasteiger partial charge is 0.404 e. The molecule has 20 heavy (non-hydrogen) atoms. The maximum Gasteiger partial charge on any atom is 0.267 e. The Kier molecular flexibility index (Phi) is 4.18. The van der Waals surface area contributed by atoms with Crippen LogP contribution in [0.4, 0.5) is 5.69 Å². The molecule has 2 rings (SSSR count). The Morgan fingerprint density at radius 1 is 1.20 bits per heavy atom. The van der Waals surface area contributed by atoms with E-state index in [9.17, 15) is 4.79 Å². The molecule has 0 aliphatic heterocycles. The molecule has 2 aromatic rings. The maximum absolute atomic E-state index is 11.1. The summed E-state index contributed by atoms with van der Waals surface area (Å²) in [5.41, 5.74) is 12.7. The Labute approximate surface area is 115 Å². The van der Waals surface area contributed by atoms with Crippen molar-refractivity contribution in [3.63, 3.8) is 0 Å². The van der Waals surface area contributed by atoms with E-state index in [1.54, 1.807) is 36.8 Å². The number of carbonyl (C=O) groups excluding carboxylic acids is 1. The zero-order valence-electron chi connectivity index (χ0n) is 10.6. The third kappa shape index (κ3) is 3.26. The minimum absolute atomic E-state index is 0.177. The van der Waals surface area contributed by atoms with Gasteiger partial charge in [-0.05, 0) is 24.3 Å². The predicted octanol–water partition coefficient (Wildman–Crippen LogP) is 1.28. The van der Waals surface area contributed by atoms with Gasteiger partial charge >= 0.3 is 0 Å². The van der Waals surface area contributed by atoms with E-state index >= 15 is 0 Å². The number of pyridine rings is 2. The van der Waals surface area contributed by atoms with Gasteiger partial charge < -0.3 is 11.5 Å². The third-order valence-electron chi connectivity index (χ3n) is 2.48. The Hall–Kier alpha value is -3.02. The van der Waals surface area contributed by atoms with Crippen LogP contribution in [0.15, 0.2) is 53.9 Å². The number of aromatic nitrogens is 2. The van der Waals surface area contributed by atoms with Crippen LogP contribution in [0.3, 0.4) is 0 Å². The summed E-state index contributed by atoms with van der Waals surface area (Å²) < 4.78 is 0. The second kappa shape index (κ2) is 6.24. The van der Waals surface area contributed by atoms with Gasteiger partial charge in [-0.1, -0.05) is 6.07 Å². The summed E-state index contributed by atoms with van der Waals surface area (Å²) in [6, 6.07) is 8.54. The van der Waals surface area contributed by atoms with Crippen LogP contribution in [0.2, 0.25) is 0 Å². The van der Waals surface area contributed by atoms with E-state index in [2.05, 4.69) is 15.0 Å². The molecule has 0 radical (unpaired) electrons. The van der Waals surface area contributed by atoms with Crippen molar-refractivity contribution in [2.45, 2.75) is 0 Å². The van der Waals surface area contributed by atoms with Gasteiger partial charge in [-0.3, -0.25) is 14.8 Å². The van der Waals surface area contributed by atoms with Crippen LogP contribution in [0.5, 0.6) is 0 Å². The molecule has 0 unspecified atom stereocenters. The number of allylic oxidation sites excluding steroid dienone is 1. The van der Waals surface area contributed by atoms with Crippen LogP contribution < -0.4 is 11.5 Å². The van der Waals surface area contributed by atoms with Gasteiger partial charge in [-0.15, -0.1) is 0 Å². The van der Waals surface area contributed by atoms with Crippen molar-refractivity contribution in [3.05, 3.63) is 60.3 Å². The molecule has 0 saturated carbocycles. The molecule has 0 bridgehead atoms. The first-order valence-corrected chi connectivity index (χ1v) is 5.84. The van der Waals surface area contributed by atoms with Crippen molar-refractivity contribution in [1.29, 1.82) is 0 Å². The smallest absolute Gasteiger partial charge is 0.267 e. The van der Waals surface area contributed by atoms with Gasteiger partial charge in [0.2, 0.25) is 0 Å². The van der Waals surface area contributed by atoms with Crippen molar-refractivity contribution in [2.75, 3.05) is 0 Å². The molecule has 0 fully saturated rings. The lowest BCUT2D eigenvalue weighted by molar-refractivity contribution is 0.0995. The summed E-state index contributed by atoms with van der Waals surface area (Å²) in [6.07, 6.45) is 6.21. The molecular weight excluding hydrogens is 254 g/mol. The predicted molar refractivity (Wildman–Crippen MR) is 77.3 cm³/mol. The lowest BCUT2D eigenvalue weighted by atomic mass is 10.2. The Morgan fingerprint density at radius 3 is 2.65 bits per heavy atom. The SMILES string of the molecule is NC=C(C=Nc1cccnc1)c1cccc(C(N)=O)n1. The molecule has 2 heterocycles. The molecule has 0 aliphatic carbocycles. The summed E-state index contributed by atoms with van der Waals surface area (Å²) >= 11 is 0. The second-order valence-corrected chi connectivity index (χ2v) is 3.86. The highest BCUT2D eigenvalue weighted by Crippen LogP contribution is 2.13. The standard InChI is InChI=1S/C14H13N5O/c15-7-10(8-18-11-3-2-6-17-9-11)12-4-1-5-13(19-12)14(16)20/h1-9H,15H2,(H2,16,20). The molecule has 0 atom stereocenters. The molecular formula is C14H13N5O. The first-order valence-electron chi connectivity index (χ1n) is 5.84. The molecule has 6 nitrogen and oxygen atoms in total. The number of primary amides is 1. The fraction of sp³-hybridized carbons (Fsp3) is 0. The average Bonchev–Trinajstić information content (AvgIpc) is 2.49. The number of hydrogen-bond donors (Lipinski definition) is 2. The molecule has 4 N–H and O–H groups in total. The van der Waals surface area contributed by atoms with Crippen molar-refractivity contribution in [3.8, 4) is 0 Å². The molecule has 2 aromatic heterocycles. The maximum atomic E-state index is 11.1. The molecule has 0 saturated heterocycles. The van der Waals surface area contributed by atoms with E-state index in [0.29, 0.717) is 17.0 Å². The van der Waals surface area contributed by atoms with Gasteiger partial charge in [0.1, 0.15) is 5.69 Å². The number of aliphatic imine (C=N–C) groups is 1. The number of hydrogen-bond acceptors (Lipinski definition) is 5. The van der Waals surface area contributed by atoms with Gasteiger partial charge in [-0.25, -0.2) is 4.98 Å². The van der Waals surface area contributed by atoms with Crippen LogP contribution in [0.1, 0.15) is 16.2 Å². The summed E-state index contributed by atoms with van der Waals surface area (Å²) in [7, 11) is 0. The first-order chi connectivity index (χ1) is 9.70. The van der Waals surface area contributed by atoms with Gasteiger partial charge in [0.25, 0.3) is 5.91 Å². The fourth-order valence-electron chi connectivity index (χ4n) is 1.50. The summed E-state index contributed by atoms with van der Waals surface area (Å²) in [4.78, 5) is 23.4. The van der Waals surface area contributed by atoms with Gasteiger partial charge in [0.15, 0.2) is 0 Å². The van der Waals surface area contributed by atoms with Crippen LogP contribution in [-0.4, -0.2) is 22.1 Å². The topological polar surface area (TPSA) is 107 Å². The van der Waals surface area contributed by atoms with Crippen molar-refractivity contribution >= 4 is 23.4 Å². The highest BCUT2D eigenvalue weighted by atomic mass is 16.1. The Morgan fingerprint density at radius 2 is 2.00 bits per heavy atom. The number of nitrogens with zero attached hydrogens (tertiary/aromatic N) is 3. The van der Waals surface area contributed by atoms with Gasteiger partial charge in [0, 0.05) is 24.2 Å². The van der Waals surface area contributed by atoms with E-state index in [1.165, 1.54) is 12.3 Å². The fourth-order valence-corrected chi connectivity index (χ4v) is 1.50. The highest BCUT2D eigenvalue weighted by Gasteiger charge is 2.05. The van der Waals surface area contributed by atoms with E-state index in [4.69, 9.17) is 11.5 Å². The van der Waals surface area contributed by atoms with Crippen LogP contribution >= 0.6 is 0 Å². The Bertz CT molecular complexity index is 664.